The van der Waals surface area contributed by atoms with Crippen LogP contribution in [0.25, 0.3) is 0 Å². The molecule has 0 heterocycles. The van der Waals surface area contributed by atoms with E-state index < -0.39 is 6.04 Å². The highest BCUT2D eigenvalue weighted by Crippen LogP contribution is 2.03. The summed E-state index contributed by atoms with van der Waals surface area (Å²) >= 11 is 0. The number of hydrogen-bond donors (Lipinski definition) is 1. The summed E-state index contributed by atoms with van der Waals surface area (Å²) in [5.74, 6) is -0.467. The third-order valence-corrected chi connectivity index (χ3v) is 2.18. The van der Waals surface area contributed by atoms with E-state index in [9.17, 15) is 9.59 Å². The predicted octanol–water partition coefficient (Wildman–Crippen LogP) is 1.02. The van der Waals surface area contributed by atoms with Crippen molar-refractivity contribution < 1.29 is 14.3 Å². The van der Waals surface area contributed by atoms with Crippen molar-refractivity contribution in [2.45, 2.75) is 13.0 Å². The van der Waals surface area contributed by atoms with Gasteiger partial charge in [0.15, 0.2) is 5.78 Å². The Morgan fingerprint density at radius 2 is 1.94 bits per heavy atom. The molecule has 1 rings (SSSR count). The van der Waals surface area contributed by atoms with Crippen LogP contribution in [0.15, 0.2) is 30.3 Å². The first kappa shape index (κ1) is 12.4. The number of esters is 1. The van der Waals surface area contributed by atoms with Crippen molar-refractivity contribution in [2.24, 2.45) is 0 Å². The average Bonchev–Trinajstić information content (AvgIpc) is 2.30. The number of likely N-dealkylation sites (N-methyl/N-ethyl adjacent to an activating group) is 1. The normalized spacial score (nSPS) is 11.9. The molecule has 4 nitrogen and oxygen atoms in total. The van der Waals surface area contributed by atoms with Gasteiger partial charge in [-0.05, 0) is 7.05 Å². The van der Waals surface area contributed by atoms with Gasteiger partial charge >= 0.3 is 5.97 Å². The second kappa shape index (κ2) is 6.02. The van der Waals surface area contributed by atoms with Gasteiger partial charge in [0.2, 0.25) is 0 Å². The van der Waals surface area contributed by atoms with Gasteiger partial charge in [0.1, 0.15) is 12.6 Å². The summed E-state index contributed by atoms with van der Waals surface area (Å²) in [6.07, 6.45) is 0. The zero-order valence-electron chi connectivity index (χ0n) is 9.40. The van der Waals surface area contributed by atoms with E-state index in [1.165, 1.54) is 6.92 Å². The topological polar surface area (TPSA) is 55.4 Å². The summed E-state index contributed by atoms with van der Waals surface area (Å²) in [7, 11) is 1.66. The van der Waals surface area contributed by atoms with Gasteiger partial charge in [-0.3, -0.25) is 9.59 Å². The lowest BCUT2D eigenvalue weighted by atomic mass is 10.1. The van der Waals surface area contributed by atoms with Crippen molar-refractivity contribution in [2.75, 3.05) is 13.7 Å². The second-order valence-electron chi connectivity index (χ2n) is 3.37. The molecule has 0 fully saturated rings. The van der Waals surface area contributed by atoms with Gasteiger partial charge < -0.3 is 10.1 Å². The summed E-state index contributed by atoms with van der Waals surface area (Å²) in [6.45, 7) is 1.37. The van der Waals surface area contributed by atoms with E-state index in [1.807, 2.05) is 6.07 Å². The standard InChI is InChI=1S/C12H15NO3/c1-9(14)16-8-11(13-2)12(15)10-6-4-3-5-7-10/h3-7,11,13H,8H2,1-2H3/t11-/m0/s1. The van der Waals surface area contributed by atoms with Crippen molar-refractivity contribution in [1.29, 1.82) is 0 Å². The van der Waals surface area contributed by atoms with Crippen molar-refractivity contribution in [3.8, 4) is 0 Å². The minimum atomic E-state index is -0.494. The Morgan fingerprint density at radius 3 is 2.44 bits per heavy atom. The SMILES string of the molecule is CN[C@@H](COC(C)=O)C(=O)c1ccccc1. The Bertz CT molecular complexity index is 362. The van der Waals surface area contributed by atoms with Crippen LogP contribution < -0.4 is 5.32 Å². The highest BCUT2D eigenvalue weighted by atomic mass is 16.5. The van der Waals surface area contributed by atoms with Crippen LogP contribution >= 0.6 is 0 Å². The van der Waals surface area contributed by atoms with Crippen LogP contribution in [-0.4, -0.2) is 31.4 Å². The lowest BCUT2D eigenvalue weighted by Crippen LogP contribution is -2.38. The van der Waals surface area contributed by atoms with Gasteiger partial charge in [-0.2, -0.15) is 0 Å². The Hall–Kier alpha value is -1.68. The van der Waals surface area contributed by atoms with Crippen LogP contribution in [0.5, 0.6) is 0 Å². The number of carbonyl (C=O) groups excluding carboxylic acids is 2. The molecule has 0 saturated heterocycles. The molecule has 0 aliphatic rings. The smallest absolute Gasteiger partial charge is 0.302 e. The first-order valence-corrected chi connectivity index (χ1v) is 5.05. The molecule has 0 amide bonds. The first-order chi connectivity index (χ1) is 7.65. The molecule has 0 bridgehead atoms. The number of rotatable bonds is 5. The van der Waals surface area contributed by atoms with E-state index in [4.69, 9.17) is 4.74 Å². The molecule has 86 valence electrons. The maximum Gasteiger partial charge on any atom is 0.302 e. The van der Waals surface area contributed by atoms with Gasteiger partial charge in [0.05, 0.1) is 0 Å². The summed E-state index contributed by atoms with van der Waals surface area (Å²) in [6, 6.07) is 8.42. The molecule has 0 aromatic heterocycles. The summed E-state index contributed by atoms with van der Waals surface area (Å²) in [5.41, 5.74) is 0.606. The third-order valence-electron chi connectivity index (χ3n) is 2.18. The summed E-state index contributed by atoms with van der Waals surface area (Å²) in [4.78, 5) is 22.6. The lowest BCUT2D eigenvalue weighted by molar-refractivity contribution is -0.141. The fourth-order valence-corrected chi connectivity index (χ4v) is 1.29. The predicted molar refractivity (Wildman–Crippen MR) is 60.3 cm³/mol. The first-order valence-electron chi connectivity index (χ1n) is 5.05. The van der Waals surface area contributed by atoms with E-state index in [0.717, 1.165) is 0 Å². The van der Waals surface area contributed by atoms with E-state index >= 15 is 0 Å². The number of carbonyl (C=O) groups is 2. The molecule has 1 N–H and O–H groups in total. The minimum Gasteiger partial charge on any atom is -0.464 e. The molecule has 0 saturated carbocycles. The third kappa shape index (κ3) is 3.47. The van der Waals surface area contributed by atoms with Crippen molar-refractivity contribution in [3.63, 3.8) is 0 Å². The van der Waals surface area contributed by atoms with Crippen LogP contribution in [0.2, 0.25) is 0 Å². The number of ketones is 1. The molecule has 1 aromatic rings. The minimum absolute atomic E-state index is 0.0551. The van der Waals surface area contributed by atoms with Crippen LogP contribution in [-0.2, 0) is 9.53 Å². The van der Waals surface area contributed by atoms with Crippen molar-refractivity contribution in [3.05, 3.63) is 35.9 Å². The van der Waals surface area contributed by atoms with E-state index in [1.54, 1.807) is 31.3 Å². The number of Topliss-reactive ketones (excluding diaryl/α,β-unsaturated/α-hetero) is 1. The lowest BCUT2D eigenvalue weighted by Gasteiger charge is -2.14. The molecule has 0 aliphatic heterocycles. The Morgan fingerprint density at radius 1 is 1.31 bits per heavy atom. The molecule has 4 heteroatoms. The summed E-state index contributed by atoms with van der Waals surface area (Å²) < 4.78 is 4.82. The van der Waals surface area contributed by atoms with Gasteiger partial charge in [-0.25, -0.2) is 0 Å². The van der Waals surface area contributed by atoms with Gasteiger partial charge in [0.25, 0.3) is 0 Å². The second-order valence-corrected chi connectivity index (χ2v) is 3.37. The fraction of sp³-hybridized carbons (Fsp3) is 0.333. The molecule has 0 aliphatic carbocycles. The van der Waals surface area contributed by atoms with Crippen molar-refractivity contribution >= 4 is 11.8 Å². The van der Waals surface area contributed by atoms with Crippen molar-refractivity contribution in [1.82, 2.24) is 5.32 Å². The molecule has 1 atom stereocenters. The summed E-state index contributed by atoms with van der Waals surface area (Å²) in [5, 5.41) is 2.83. The van der Waals surface area contributed by atoms with Gasteiger partial charge in [-0.1, -0.05) is 30.3 Å². The highest BCUT2D eigenvalue weighted by molar-refractivity contribution is 6.00. The number of hydrogen-bond acceptors (Lipinski definition) is 4. The zero-order valence-corrected chi connectivity index (χ0v) is 9.40. The Balaban J connectivity index is 2.66. The van der Waals surface area contributed by atoms with Crippen LogP contribution in [0.1, 0.15) is 17.3 Å². The van der Waals surface area contributed by atoms with E-state index in [0.29, 0.717) is 5.56 Å². The monoisotopic (exact) mass is 221 g/mol. The molecule has 16 heavy (non-hydrogen) atoms. The maximum absolute atomic E-state index is 11.9. The molecule has 0 spiro atoms. The van der Waals surface area contributed by atoms with E-state index in [-0.39, 0.29) is 18.4 Å². The van der Waals surface area contributed by atoms with Gasteiger partial charge in [0, 0.05) is 12.5 Å². The van der Waals surface area contributed by atoms with Crippen LogP contribution in [0.4, 0.5) is 0 Å². The number of ether oxygens (including phenoxy) is 1. The average molecular weight is 221 g/mol. The molecular weight excluding hydrogens is 206 g/mol. The fourth-order valence-electron chi connectivity index (χ4n) is 1.29. The number of benzene rings is 1. The number of nitrogens with one attached hydrogen (secondary N) is 1. The quantitative estimate of drug-likeness (QED) is 0.595. The largest absolute Gasteiger partial charge is 0.464 e. The van der Waals surface area contributed by atoms with Crippen LogP contribution in [0, 0.1) is 0 Å². The highest BCUT2D eigenvalue weighted by Gasteiger charge is 2.18. The Kier molecular flexibility index (Phi) is 4.66. The molecule has 0 radical (unpaired) electrons. The molecule has 1 aromatic carbocycles. The van der Waals surface area contributed by atoms with Crippen LogP contribution in [0.3, 0.4) is 0 Å². The molecular formula is C12H15NO3. The van der Waals surface area contributed by atoms with E-state index in [2.05, 4.69) is 5.32 Å². The zero-order chi connectivity index (χ0) is 12.0. The molecule has 0 unspecified atom stereocenters. The maximum atomic E-state index is 11.9. The Labute approximate surface area is 94.6 Å². The van der Waals surface area contributed by atoms with Gasteiger partial charge in [-0.15, -0.1) is 0 Å².